The topological polar surface area (TPSA) is 59.0 Å². The van der Waals surface area contributed by atoms with E-state index in [1.807, 2.05) is 10.9 Å². The Hall–Kier alpha value is -1.36. The van der Waals surface area contributed by atoms with Gasteiger partial charge in [-0.25, -0.2) is 0 Å². The molecule has 5 nitrogen and oxygen atoms in total. The second kappa shape index (κ2) is 3.42. The third-order valence-electron chi connectivity index (χ3n) is 2.26. The van der Waals surface area contributed by atoms with Crippen molar-refractivity contribution in [2.75, 3.05) is 6.54 Å². The first-order chi connectivity index (χ1) is 6.66. The lowest BCUT2D eigenvalue weighted by molar-refractivity contribution is -0.118. The number of amides is 1. The van der Waals surface area contributed by atoms with Crippen molar-refractivity contribution in [3.8, 4) is 0 Å². The van der Waals surface area contributed by atoms with Crippen molar-refractivity contribution in [3.05, 3.63) is 18.0 Å². The zero-order valence-corrected chi connectivity index (χ0v) is 8.32. The van der Waals surface area contributed by atoms with E-state index >= 15 is 0 Å². The Balaban J connectivity index is 2.13. The lowest BCUT2D eigenvalue weighted by Gasteiger charge is -2.07. The van der Waals surface area contributed by atoms with E-state index in [0.717, 1.165) is 5.56 Å². The number of hydrogen-bond acceptors (Lipinski definition) is 3. The molecule has 0 saturated carbocycles. The molecule has 1 unspecified atom stereocenters. The Morgan fingerprint density at radius 2 is 2.43 bits per heavy atom. The molecule has 76 valence electrons. The molecule has 14 heavy (non-hydrogen) atoms. The summed E-state index contributed by atoms with van der Waals surface area (Å²) in [6.45, 7) is 4.52. The van der Waals surface area contributed by atoms with Crippen LogP contribution < -0.4 is 10.6 Å². The summed E-state index contributed by atoms with van der Waals surface area (Å²) in [5.41, 5.74) is 1.00. The van der Waals surface area contributed by atoms with E-state index in [1.54, 1.807) is 6.20 Å². The molecule has 2 N–H and O–H groups in total. The fourth-order valence-corrected chi connectivity index (χ4v) is 1.44. The van der Waals surface area contributed by atoms with Crippen LogP contribution >= 0.6 is 0 Å². The van der Waals surface area contributed by atoms with Crippen molar-refractivity contribution in [2.24, 2.45) is 0 Å². The number of nitrogens with one attached hydrogen (secondary N) is 2. The molecule has 2 heterocycles. The smallest absolute Gasteiger partial charge is 0.235 e. The molecular weight excluding hydrogens is 180 g/mol. The van der Waals surface area contributed by atoms with Crippen molar-refractivity contribution in [3.63, 3.8) is 0 Å². The lowest BCUT2D eigenvalue weighted by Crippen LogP contribution is -2.22. The summed E-state index contributed by atoms with van der Waals surface area (Å²) in [5, 5.41) is 10.1. The Bertz CT molecular complexity index is 344. The van der Waals surface area contributed by atoms with Gasteiger partial charge < -0.3 is 5.32 Å². The van der Waals surface area contributed by atoms with Gasteiger partial charge in [0.15, 0.2) is 0 Å². The minimum absolute atomic E-state index is 0.0345. The number of rotatable bonds is 2. The summed E-state index contributed by atoms with van der Waals surface area (Å²) >= 11 is 0. The number of hydrogen-bond donors (Lipinski definition) is 2. The van der Waals surface area contributed by atoms with Gasteiger partial charge >= 0.3 is 0 Å². The van der Waals surface area contributed by atoms with Gasteiger partial charge in [-0.05, 0) is 13.8 Å². The summed E-state index contributed by atoms with van der Waals surface area (Å²) in [7, 11) is 0. The van der Waals surface area contributed by atoms with Gasteiger partial charge in [0.05, 0.1) is 12.7 Å². The van der Waals surface area contributed by atoms with Crippen LogP contribution in [0, 0.1) is 0 Å². The van der Waals surface area contributed by atoms with E-state index in [-0.39, 0.29) is 12.1 Å². The third kappa shape index (κ3) is 1.63. The van der Waals surface area contributed by atoms with Crippen LogP contribution in [0.15, 0.2) is 12.4 Å². The van der Waals surface area contributed by atoms with Gasteiger partial charge in [0.25, 0.3) is 0 Å². The number of nitrogens with zero attached hydrogens (tertiary/aromatic N) is 2. The number of aromatic nitrogens is 2. The van der Waals surface area contributed by atoms with Crippen molar-refractivity contribution in [1.82, 2.24) is 20.4 Å². The zero-order valence-electron chi connectivity index (χ0n) is 8.32. The molecule has 0 aliphatic carbocycles. The maximum atomic E-state index is 11.0. The molecule has 1 atom stereocenters. The van der Waals surface area contributed by atoms with Crippen molar-refractivity contribution in [2.45, 2.75) is 26.1 Å². The molecule has 1 saturated heterocycles. The first-order valence-electron chi connectivity index (χ1n) is 4.73. The van der Waals surface area contributed by atoms with Crippen molar-refractivity contribution in [1.29, 1.82) is 0 Å². The normalized spacial score (nSPS) is 21.6. The Labute approximate surface area is 82.5 Å². The Morgan fingerprint density at radius 3 is 2.93 bits per heavy atom. The number of carbonyl (C=O) groups is 1. The van der Waals surface area contributed by atoms with E-state index < -0.39 is 0 Å². The third-order valence-corrected chi connectivity index (χ3v) is 2.26. The highest BCUT2D eigenvalue weighted by atomic mass is 16.2. The molecule has 0 radical (unpaired) electrons. The Kier molecular flexibility index (Phi) is 2.25. The van der Waals surface area contributed by atoms with Gasteiger partial charge in [-0.2, -0.15) is 5.10 Å². The van der Waals surface area contributed by atoms with E-state index in [0.29, 0.717) is 12.6 Å². The van der Waals surface area contributed by atoms with Crippen LogP contribution in [0.3, 0.4) is 0 Å². The molecule has 0 aromatic carbocycles. The van der Waals surface area contributed by atoms with Crippen LogP contribution in [0.25, 0.3) is 0 Å². The fraction of sp³-hybridized carbons (Fsp3) is 0.556. The van der Waals surface area contributed by atoms with E-state index in [9.17, 15) is 4.79 Å². The first-order valence-corrected chi connectivity index (χ1v) is 4.73. The summed E-state index contributed by atoms with van der Waals surface area (Å²) in [6, 6.07) is 0.348. The van der Waals surface area contributed by atoms with Gasteiger partial charge in [-0.1, -0.05) is 0 Å². The van der Waals surface area contributed by atoms with Crippen LogP contribution in [-0.4, -0.2) is 22.2 Å². The second-order valence-electron chi connectivity index (χ2n) is 3.73. The highest BCUT2D eigenvalue weighted by molar-refractivity contribution is 5.80. The molecular formula is C9H14N4O. The zero-order chi connectivity index (χ0) is 10.1. The standard InChI is InChI=1S/C9H14N4O/c1-6(2)13-5-7(3-11-13)9-10-4-8(14)12-9/h3,5-6,9-10H,4H2,1-2H3,(H,12,14). The lowest BCUT2D eigenvalue weighted by atomic mass is 10.3. The summed E-state index contributed by atoms with van der Waals surface area (Å²) < 4.78 is 1.88. The first kappa shape index (κ1) is 9.21. The van der Waals surface area contributed by atoms with E-state index in [4.69, 9.17) is 0 Å². The summed E-state index contributed by atoms with van der Waals surface area (Å²) in [6.07, 6.45) is 3.66. The molecule has 2 rings (SSSR count). The maximum absolute atomic E-state index is 11.0. The summed E-state index contributed by atoms with van der Waals surface area (Å²) in [5.74, 6) is 0.0345. The monoisotopic (exact) mass is 194 g/mol. The maximum Gasteiger partial charge on any atom is 0.235 e. The number of carbonyl (C=O) groups excluding carboxylic acids is 1. The van der Waals surface area contributed by atoms with Gasteiger partial charge in [-0.15, -0.1) is 0 Å². The highest BCUT2D eigenvalue weighted by Crippen LogP contribution is 2.13. The van der Waals surface area contributed by atoms with Gasteiger partial charge in [-0.3, -0.25) is 14.8 Å². The molecule has 1 aliphatic heterocycles. The van der Waals surface area contributed by atoms with Crippen molar-refractivity contribution < 1.29 is 4.79 Å². The second-order valence-corrected chi connectivity index (χ2v) is 3.73. The molecule has 1 fully saturated rings. The average Bonchev–Trinajstić information content (AvgIpc) is 2.70. The quantitative estimate of drug-likeness (QED) is 0.706. The molecule has 1 aliphatic rings. The fourth-order valence-electron chi connectivity index (χ4n) is 1.44. The minimum atomic E-state index is -0.0741. The minimum Gasteiger partial charge on any atom is -0.335 e. The molecule has 5 heteroatoms. The predicted molar refractivity (Wildman–Crippen MR) is 51.5 cm³/mol. The molecule has 0 bridgehead atoms. The van der Waals surface area contributed by atoms with E-state index in [2.05, 4.69) is 29.6 Å². The van der Waals surface area contributed by atoms with Gasteiger partial charge in [0.2, 0.25) is 5.91 Å². The largest absolute Gasteiger partial charge is 0.335 e. The van der Waals surface area contributed by atoms with Crippen LogP contribution in [0.4, 0.5) is 0 Å². The molecule has 0 spiro atoms. The van der Waals surface area contributed by atoms with E-state index in [1.165, 1.54) is 0 Å². The van der Waals surface area contributed by atoms with Gasteiger partial charge in [0.1, 0.15) is 6.17 Å². The Morgan fingerprint density at radius 1 is 1.64 bits per heavy atom. The molecule has 1 amide bonds. The molecule has 1 aromatic heterocycles. The van der Waals surface area contributed by atoms with Crippen LogP contribution in [-0.2, 0) is 4.79 Å². The average molecular weight is 194 g/mol. The van der Waals surface area contributed by atoms with Crippen LogP contribution in [0.1, 0.15) is 31.6 Å². The van der Waals surface area contributed by atoms with Crippen LogP contribution in [0.5, 0.6) is 0 Å². The summed E-state index contributed by atoms with van der Waals surface area (Å²) in [4.78, 5) is 11.0. The predicted octanol–water partition coefficient (Wildman–Crippen LogP) is 0.182. The molecule has 1 aromatic rings. The SMILES string of the molecule is CC(C)n1cc(C2NCC(=O)N2)cn1. The highest BCUT2D eigenvalue weighted by Gasteiger charge is 2.22. The van der Waals surface area contributed by atoms with Gasteiger partial charge in [0, 0.05) is 17.8 Å². The van der Waals surface area contributed by atoms with Crippen LogP contribution in [0.2, 0.25) is 0 Å². The van der Waals surface area contributed by atoms with Crippen molar-refractivity contribution >= 4 is 5.91 Å².